The Balaban J connectivity index is 1.47. The maximum atomic E-state index is 13.4. The van der Waals surface area contributed by atoms with E-state index in [1.54, 1.807) is 28.4 Å². The Morgan fingerprint density at radius 1 is 1.08 bits per heavy atom. The molecule has 0 radical (unpaired) electrons. The highest BCUT2D eigenvalue weighted by molar-refractivity contribution is 7.22. The van der Waals surface area contributed by atoms with Gasteiger partial charge in [0.15, 0.2) is 5.13 Å². The van der Waals surface area contributed by atoms with Crippen LogP contribution in [0.4, 0.5) is 9.52 Å². The first-order chi connectivity index (χ1) is 12.5. The van der Waals surface area contributed by atoms with Gasteiger partial charge in [-0.15, -0.1) is 0 Å². The van der Waals surface area contributed by atoms with E-state index in [-0.39, 0.29) is 11.7 Å². The molecule has 1 aromatic heterocycles. The Bertz CT molecular complexity index is 937. The first-order valence-corrected chi connectivity index (χ1v) is 9.50. The van der Waals surface area contributed by atoms with Crippen molar-refractivity contribution in [2.24, 2.45) is 0 Å². The highest BCUT2D eigenvalue weighted by Gasteiger charge is 2.24. The molecule has 2 aromatic carbocycles. The number of fused-ring (bicyclic) bond motifs is 1. The van der Waals surface area contributed by atoms with Gasteiger partial charge in [-0.05, 0) is 55.3 Å². The Kier molecular flexibility index (Phi) is 4.36. The average Bonchev–Trinajstić information content (AvgIpc) is 3.04. The summed E-state index contributed by atoms with van der Waals surface area (Å²) in [5.74, 6) is -0.491. The van der Waals surface area contributed by atoms with E-state index in [2.05, 4.69) is 30.9 Å². The van der Waals surface area contributed by atoms with Crippen molar-refractivity contribution in [1.82, 2.24) is 9.88 Å². The standard InChI is InChI=1S/C20H20FN3OS/c1-13-10-17-18(11-14(13)2)26-20(22-17)24-8-6-23(7-9-24)19(25)15-4-3-5-16(21)12-15/h3-5,10-12H,6-9H2,1-2H3. The minimum atomic E-state index is -0.380. The second-order valence-corrected chi connectivity index (χ2v) is 7.70. The Hall–Kier alpha value is -2.47. The monoisotopic (exact) mass is 369 g/mol. The molecule has 1 saturated heterocycles. The fourth-order valence-corrected chi connectivity index (χ4v) is 4.31. The number of aromatic nitrogens is 1. The third-order valence-electron chi connectivity index (χ3n) is 4.90. The number of halogens is 1. The molecule has 1 aliphatic rings. The van der Waals surface area contributed by atoms with Gasteiger partial charge in [-0.3, -0.25) is 4.79 Å². The minimum Gasteiger partial charge on any atom is -0.345 e. The fraction of sp³-hybridized carbons (Fsp3) is 0.300. The van der Waals surface area contributed by atoms with Crippen LogP contribution in [-0.2, 0) is 0 Å². The number of piperazine rings is 1. The molecular formula is C20H20FN3OS. The summed E-state index contributed by atoms with van der Waals surface area (Å²) in [6.07, 6.45) is 0. The van der Waals surface area contributed by atoms with Gasteiger partial charge in [-0.2, -0.15) is 0 Å². The van der Waals surface area contributed by atoms with Gasteiger partial charge in [0.1, 0.15) is 5.82 Å². The minimum absolute atomic E-state index is 0.111. The van der Waals surface area contributed by atoms with E-state index < -0.39 is 0 Å². The molecule has 3 aromatic rings. The summed E-state index contributed by atoms with van der Waals surface area (Å²) in [7, 11) is 0. The number of amides is 1. The third kappa shape index (κ3) is 3.17. The molecule has 6 heteroatoms. The lowest BCUT2D eigenvalue weighted by Crippen LogP contribution is -2.48. The molecule has 134 valence electrons. The van der Waals surface area contributed by atoms with E-state index in [1.807, 2.05) is 0 Å². The van der Waals surface area contributed by atoms with Crippen LogP contribution < -0.4 is 4.90 Å². The summed E-state index contributed by atoms with van der Waals surface area (Å²) in [5, 5.41) is 1.00. The third-order valence-corrected chi connectivity index (χ3v) is 5.98. The van der Waals surface area contributed by atoms with Crippen LogP contribution in [0.5, 0.6) is 0 Å². The lowest BCUT2D eigenvalue weighted by molar-refractivity contribution is 0.0746. The van der Waals surface area contributed by atoms with Gasteiger partial charge in [0.2, 0.25) is 0 Å². The molecule has 4 rings (SSSR count). The predicted molar refractivity (Wildman–Crippen MR) is 104 cm³/mol. The zero-order valence-corrected chi connectivity index (χ0v) is 15.6. The number of rotatable bonds is 2. The van der Waals surface area contributed by atoms with Crippen LogP contribution in [0.2, 0.25) is 0 Å². The summed E-state index contributed by atoms with van der Waals surface area (Å²) in [6.45, 7) is 6.92. The molecule has 4 nitrogen and oxygen atoms in total. The number of aryl methyl sites for hydroxylation is 2. The molecule has 1 amide bonds. The van der Waals surface area contributed by atoms with Crippen LogP contribution in [0.3, 0.4) is 0 Å². The number of nitrogens with zero attached hydrogens (tertiary/aromatic N) is 3. The first kappa shape index (κ1) is 17.0. The normalized spacial score (nSPS) is 14.9. The van der Waals surface area contributed by atoms with Crippen molar-refractivity contribution in [3.63, 3.8) is 0 Å². The first-order valence-electron chi connectivity index (χ1n) is 8.69. The Morgan fingerprint density at radius 2 is 1.81 bits per heavy atom. The second-order valence-electron chi connectivity index (χ2n) is 6.69. The SMILES string of the molecule is Cc1cc2nc(N3CCN(C(=O)c4cccc(F)c4)CC3)sc2cc1C. The predicted octanol–water partition coefficient (Wildman–Crippen LogP) is 4.01. The molecule has 0 bridgehead atoms. The van der Waals surface area contributed by atoms with Crippen molar-refractivity contribution >= 4 is 32.6 Å². The molecular weight excluding hydrogens is 349 g/mol. The molecule has 0 saturated carbocycles. The number of hydrogen-bond donors (Lipinski definition) is 0. The lowest BCUT2D eigenvalue weighted by Gasteiger charge is -2.34. The van der Waals surface area contributed by atoms with Crippen LogP contribution in [0.1, 0.15) is 21.5 Å². The number of hydrogen-bond acceptors (Lipinski definition) is 4. The summed E-state index contributed by atoms with van der Waals surface area (Å²) in [4.78, 5) is 21.3. The number of thiazole rings is 1. The smallest absolute Gasteiger partial charge is 0.254 e. The largest absolute Gasteiger partial charge is 0.345 e. The van der Waals surface area contributed by atoms with Crippen LogP contribution in [0.25, 0.3) is 10.2 Å². The van der Waals surface area contributed by atoms with Gasteiger partial charge >= 0.3 is 0 Å². The van der Waals surface area contributed by atoms with Crippen LogP contribution in [0.15, 0.2) is 36.4 Å². The molecule has 0 spiro atoms. The molecule has 0 atom stereocenters. The van der Waals surface area contributed by atoms with E-state index >= 15 is 0 Å². The molecule has 0 unspecified atom stereocenters. The van der Waals surface area contributed by atoms with E-state index in [0.717, 1.165) is 23.7 Å². The zero-order chi connectivity index (χ0) is 18.3. The maximum absolute atomic E-state index is 13.4. The van der Waals surface area contributed by atoms with E-state index in [9.17, 15) is 9.18 Å². The van der Waals surface area contributed by atoms with Crippen molar-refractivity contribution in [1.29, 1.82) is 0 Å². The van der Waals surface area contributed by atoms with Crippen molar-refractivity contribution in [3.05, 3.63) is 58.9 Å². The van der Waals surface area contributed by atoms with Crippen LogP contribution >= 0.6 is 11.3 Å². The van der Waals surface area contributed by atoms with Crippen LogP contribution in [-0.4, -0.2) is 42.0 Å². The van der Waals surface area contributed by atoms with Gasteiger partial charge in [-0.1, -0.05) is 17.4 Å². The molecule has 0 aliphatic carbocycles. The molecule has 0 N–H and O–H groups in total. The summed E-state index contributed by atoms with van der Waals surface area (Å²) < 4.78 is 14.5. The topological polar surface area (TPSA) is 36.4 Å². The van der Waals surface area contributed by atoms with Crippen molar-refractivity contribution in [2.75, 3.05) is 31.1 Å². The number of benzene rings is 2. The quantitative estimate of drug-likeness (QED) is 0.685. The second kappa shape index (κ2) is 6.68. The number of carbonyl (C=O) groups excluding carboxylic acids is 1. The average molecular weight is 369 g/mol. The molecule has 2 heterocycles. The van der Waals surface area contributed by atoms with Gasteiger partial charge in [0.05, 0.1) is 10.2 Å². The summed E-state index contributed by atoms with van der Waals surface area (Å²) in [6, 6.07) is 10.2. The Labute approximate surface area is 155 Å². The van der Waals surface area contributed by atoms with Crippen LogP contribution in [0, 0.1) is 19.7 Å². The van der Waals surface area contributed by atoms with Crippen molar-refractivity contribution in [3.8, 4) is 0 Å². The maximum Gasteiger partial charge on any atom is 0.254 e. The summed E-state index contributed by atoms with van der Waals surface area (Å²) in [5.41, 5.74) is 3.97. The van der Waals surface area contributed by atoms with E-state index in [1.165, 1.54) is 28.0 Å². The summed E-state index contributed by atoms with van der Waals surface area (Å²) >= 11 is 1.70. The lowest BCUT2D eigenvalue weighted by atomic mass is 10.1. The van der Waals surface area contributed by atoms with Crippen molar-refractivity contribution in [2.45, 2.75) is 13.8 Å². The fourth-order valence-electron chi connectivity index (χ4n) is 3.21. The van der Waals surface area contributed by atoms with Gasteiger partial charge in [-0.25, -0.2) is 9.37 Å². The molecule has 26 heavy (non-hydrogen) atoms. The van der Waals surface area contributed by atoms with Gasteiger partial charge in [0.25, 0.3) is 5.91 Å². The molecule has 1 aliphatic heterocycles. The highest BCUT2D eigenvalue weighted by Crippen LogP contribution is 2.31. The van der Waals surface area contributed by atoms with E-state index in [0.29, 0.717) is 18.7 Å². The Morgan fingerprint density at radius 3 is 2.54 bits per heavy atom. The highest BCUT2D eigenvalue weighted by atomic mass is 32.1. The van der Waals surface area contributed by atoms with Gasteiger partial charge < -0.3 is 9.80 Å². The van der Waals surface area contributed by atoms with Gasteiger partial charge in [0, 0.05) is 31.7 Å². The number of carbonyl (C=O) groups is 1. The number of anilines is 1. The molecule has 1 fully saturated rings. The van der Waals surface area contributed by atoms with E-state index in [4.69, 9.17) is 4.98 Å². The van der Waals surface area contributed by atoms with Crippen molar-refractivity contribution < 1.29 is 9.18 Å². The zero-order valence-electron chi connectivity index (χ0n) is 14.8.